The minimum absolute atomic E-state index is 0.137. The highest BCUT2D eigenvalue weighted by Crippen LogP contribution is 2.33. The molecule has 0 saturated carbocycles. The molecule has 0 aromatic carbocycles. The molecule has 1 amide bonds. The number of carbonyl (C=O) groups is 1. The van der Waals surface area contributed by atoms with Gasteiger partial charge >= 0.3 is 6.18 Å². The van der Waals surface area contributed by atoms with E-state index in [4.69, 9.17) is 0 Å². The standard InChI is InChI=1S/C17H21F3N4OS/c1-9-10(2)26-15(22-9)16(3,4)23-13(25)11-5-6-24-12(7-11)8-21-14(24)17(18,19)20/h8,11H,5-7H2,1-4H3,(H,23,25). The summed E-state index contributed by atoms with van der Waals surface area (Å²) in [7, 11) is 0. The van der Waals surface area contributed by atoms with Gasteiger partial charge in [0.1, 0.15) is 5.01 Å². The van der Waals surface area contributed by atoms with Gasteiger partial charge in [-0.05, 0) is 34.1 Å². The zero-order valence-corrected chi connectivity index (χ0v) is 15.9. The summed E-state index contributed by atoms with van der Waals surface area (Å²) in [6, 6.07) is 0. The van der Waals surface area contributed by atoms with Gasteiger partial charge in [-0.2, -0.15) is 13.2 Å². The molecule has 1 aliphatic rings. The zero-order chi connectivity index (χ0) is 19.3. The summed E-state index contributed by atoms with van der Waals surface area (Å²) in [6.07, 6.45) is -2.65. The molecule has 0 aliphatic carbocycles. The zero-order valence-electron chi connectivity index (χ0n) is 15.1. The number of halogens is 3. The summed E-state index contributed by atoms with van der Waals surface area (Å²) in [5.74, 6) is -1.43. The van der Waals surface area contributed by atoms with E-state index < -0.39 is 17.5 Å². The molecule has 26 heavy (non-hydrogen) atoms. The summed E-state index contributed by atoms with van der Waals surface area (Å²) in [6.45, 7) is 7.82. The van der Waals surface area contributed by atoms with Gasteiger partial charge in [-0.15, -0.1) is 11.3 Å². The highest BCUT2D eigenvalue weighted by atomic mass is 32.1. The number of hydrogen-bond donors (Lipinski definition) is 1. The van der Waals surface area contributed by atoms with Crippen molar-refractivity contribution in [3.05, 3.63) is 33.3 Å². The number of nitrogens with one attached hydrogen (secondary N) is 1. The Kier molecular flexibility index (Phi) is 4.62. The summed E-state index contributed by atoms with van der Waals surface area (Å²) in [5, 5.41) is 3.83. The van der Waals surface area contributed by atoms with Gasteiger partial charge in [0.15, 0.2) is 0 Å². The number of alkyl halides is 3. The van der Waals surface area contributed by atoms with E-state index in [1.54, 1.807) is 0 Å². The second-order valence-electron chi connectivity index (χ2n) is 7.19. The van der Waals surface area contributed by atoms with Gasteiger partial charge < -0.3 is 9.88 Å². The van der Waals surface area contributed by atoms with E-state index in [0.29, 0.717) is 12.1 Å². The summed E-state index contributed by atoms with van der Waals surface area (Å²) < 4.78 is 40.0. The van der Waals surface area contributed by atoms with Crippen LogP contribution in [0.25, 0.3) is 0 Å². The minimum Gasteiger partial charge on any atom is -0.344 e. The number of carbonyl (C=O) groups excluding carboxylic acids is 1. The van der Waals surface area contributed by atoms with Crippen molar-refractivity contribution in [3.8, 4) is 0 Å². The lowest BCUT2D eigenvalue weighted by Gasteiger charge is -2.29. The molecule has 1 atom stereocenters. The van der Waals surface area contributed by atoms with Crippen molar-refractivity contribution in [2.75, 3.05) is 0 Å². The highest BCUT2D eigenvalue weighted by molar-refractivity contribution is 7.11. The normalized spacial score (nSPS) is 17.9. The molecule has 5 nitrogen and oxygen atoms in total. The molecule has 2 aromatic heterocycles. The third kappa shape index (κ3) is 3.49. The van der Waals surface area contributed by atoms with Gasteiger partial charge in [0.25, 0.3) is 0 Å². The number of aromatic nitrogens is 3. The molecule has 3 rings (SSSR count). The Morgan fingerprint density at radius 3 is 2.62 bits per heavy atom. The Morgan fingerprint density at radius 1 is 1.35 bits per heavy atom. The number of thiazole rings is 1. The smallest absolute Gasteiger partial charge is 0.344 e. The van der Waals surface area contributed by atoms with Crippen LogP contribution in [0.2, 0.25) is 0 Å². The molecular weight excluding hydrogens is 365 g/mol. The van der Waals surface area contributed by atoms with Crippen molar-refractivity contribution in [1.29, 1.82) is 0 Å². The fraction of sp³-hybridized carbons (Fsp3) is 0.588. The van der Waals surface area contributed by atoms with Crippen LogP contribution in [0.3, 0.4) is 0 Å². The number of aryl methyl sites for hydroxylation is 2. The molecule has 0 radical (unpaired) electrons. The molecule has 3 heterocycles. The van der Waals surface area contributed by atoms with E-state index in [1.807, 2.05) is 27.7 Å². The van der Waals surface area contributed by atoms with Crippen molar-refractivity contribution in [2.45, 2.75) is 58.8 Å². The quantitative estimate of drug-likeness (QED) is 0.877. The SMILES string of the molecule is Cc1nc(C(C)(C)NC(=O)C2CCn3c(cnc3C(F)(F)F)C2)sc1C. The van der Waals surface area contributed by atoms with Gasteiger partial charge in [0, 0.05) is 35.7 Å². The van der Waals surface area contributed by atoms with Gasteiger partial charge in [-0.1, -0.05) is 0 Å². The van der Waals surface area contributed by atoms with Gasteiger partial charge in [-0.3, -0.25) is 4.79 Å². The van der Waals surface area contributed by atoms with Crippen LogP contribution in [-0.4, -0.2) is 20.4 Å². The highest BCUT2D eigenvalue weighted by Gasteiger charge is 2.40. The van der Waals surface area contributed by atoms with E-state index in [2.05, 4.69) is 15.3 Å². The third-order valence-corrected chi connectivity index (χ3v) is 6.11. The van der Waals surface area contributed by atoms with Crippen LogP contribution in [-0.2, 0) is 29.5 Å². The molecule has 0 bridgehead atoms. The predicted molar refractivity (Wildman–Crippen MR) is 91.8 cm³/mol. The lowest BCUT2D eigenvalue weighted by atomic mass is 9.93. The first kappa shape index (κ1) is 18.9. The number of amides is 1. The topological polar surface area (TPSA) is 59.8 Å². The molecule has 0 spiro atoms. The average molecular weight is 386 g/mol. The molecule has 0 fully saturated rings. The average Bonchev–Trinajstić information content (AvgIpc) is 3.10. The minimum atomic E-state index is -4.48. The monoisotopic (exact) mass is 386 g/mol. The van der Waals surface area contributed by atoms with Crippen LogP contribution in [0, 0.1) is 19.8 Å². The Bertz CT molecular complexity index is 818. The van der Waals surface area contributed by atoms with Crippen molar-refractivity contribution >= 4 is 17.2 Å². The molecule has 1 N–H and O–H groups in total. The first-order valence-corrected chi connectivity index (χ1v) is 9.19. The largest absolute Gasteiger partial charge is 0.449 e. The van der Waals surface area contributed by atoms with Gasteiger partial charge in [-0.25, -0.2) is 9.97 Å². The van der Waals surface area contributed by atoms with Gasteiger partial charge in [0.05, 0.1) is 11.2 Å². The van der Waals surface area contributed by atoms with Crippen LogP contribution in [0.15, 0.2) is 6.20 Å². The van der Waals surface area contributed by atoms with Crippen molar-refractivity contribution in [3.63, 3.8) is 0 Å². The lowest BCUT2D eigenvalue weighted by Crippen LogP contribution is -2.45. The molecule has 0 saturated heterocycles. The van der Waals surface area contributed by atoms with Gasteiger partial charge in [0.2, 0.25) is 11.7 Å². The van der Waals surface area contributed by atoms with Crippen molar-refractivity contribution < 1.29 is 18.0 Å². The number of nitrogens with zero attached hydrogens (tertiary/aromatic N) is 3. The summed E-state index contributed by atoms with van der Waals surface area (Å²) >= 11 is 1.54. The maximum atomic E-state index is 12.9. The molecular formula is C17H21F3N4OS. The van der Waals surface area contributed by atoms with E-state index in [1.165, 1.54) is 22.1 Å². The summed E-state index contributed by atoms with van der Waals surface area (Å²) in [5.41, 5.74) is 0.756. The Labute approximate surface area is 153 Å². The maximum Gasteiger partial charge on any atom is 0.449 e. The van der Waals surface area contributed by atoms with E-state index in [0.717, 1.165) is 15.6 Å². The fourth-order valence-electron chi connectivity index (χ4n) is 3.12. The predicted octanol–water partition coefficient (Wildman–Crippen LogP) is 3.59. The molecule has 142 valence electrons. The van der Waals surface area contributed by atoms with Crippen molar-refractivity contribution in [1.82, 2.24) is 19.9 Å². The Morgan fingerprint density at radius 2 is 2.04 bits per heavy atom. The lowest BCUT2D eigenvalue weighted by molar-refractivity contribution is -0.147. The maximum absolute atomic E-state index is 12.9. The molecule has 9 heteroatoms. The van der Waals surface area contributed by atoms with Crippen LogP contribution < -0.4 is 5.32 Å². The number of rotatable bonds is 3. The molecule has 2 aromatic rings. The van der Waals surface area contributed by atoms with Crippen LogP contribution in [0.4, 0.5) is 13.2 Å². The first-order chi connectivity index (χ1) is 12.0. The van der Waals surface area contributed by atoms with Crippen LogP contribution in [0.5, 0.6) is 0 Å². The van der Waals surface area contributed by atoms with E-state index >= 15 is 0 Å². The van der Waals surface area contributed by atoms with Crippen LogP contribution in [0.1, 0.15) is 47.4 Å². The second kappa shape index (κ2) is 6.37. The van der Waals surface area contributed by atoms with E-state index in [-0.39, 0.29) is 24.8 Å². The van der Waals surface area contributed by atoms with Crippen molar-refractivity contribution in [2.24, 2.45) is 5.92 Å². The van der Waals surface area contributed by atoms with Crippen LogP contribution >= 0.6 is 11.3 Å². The number of fused-ring (bicyclic) bond motifs is 1. The summed E-state index contributed by atoms with van der Waals surface area (Å²) in [4.78, 5) is 21.8. The first-order valence-electron chi connectivity index (χ1n) is 8.37. The Balaban J connectivity index is 1.73. The molecule has 1 aliphatic heterocycles. The fourth-order valence-corrected chi connectivity index (χ4v) is 4.09. The second-order valence-corrected chi connectivity index (χ2v) is 8.39. The third-order valence-electron chi connectivity index (χ3n) is 4.72. The Hall–Kier alpha value is -1.90. The molecule has 1 unspecified atom stereocenters. The number of hydrogen-bond acceptors (Lipinski definition) is 4. The number of imidazole rings is 1. The van der Waals surface area contributed by atoms with E-state index in [9.17, 15) is 18.0 Å².